The van der Waals surface area contributed by atoms with Crippen molar-refractivity contribution in [2.75, 3.05) is 27.4 Å². The molecular weight excluding hydrogens is 1170 g/mol. The van der Waals surface area contributed by atoms with E-state index in [-0.39, 0.29) is 38.4 Å². The van der Waals surface area contributed by atoms with E-state index in [4.69, 9.17) is 57.9 Å². The van der Waals surface area contributed by atoms with Gasteiger partial charge in [-0.15, -0.1) is 0 Å². The van der Waals surface area contributed by atoms with Gasteiger partial charge in [-0.2, -0.15) is 8.42 Å². The fourth-order valence-corrected chi connectivity index (χ4v) is 10.7. The van der Waals surface area contributed by atoms with Crippen LogP contribution in [0.15, 0.2) is 197 Å². The second kappa shape index (κ2) is 28.6. The highest BCUT2D eigenvalue weighted by Crippen LogP contribution is 2.34. The minimum atomic E-state index is -4.90. The monoisotopic (exact) mass is 1220 g/mol. The van der Waals surface area contributed by atoms with Crippen LogP contribution in [0.2, 0.25) is 15.1 Å². The number of ether oxygens (including phenoxy) is 4. The normalized spacial score (nSPS) is 13.8. The van der Waals surface area contributed by atoms with Gasteiger partial charge in [-0.05, 0) is 104 Å². The largest absolute Gasteiger partial charge is 0.462 e. The maximum atomic E-state index is 15.8. The van der Waals surface area contributed by atoms with E-state index in [0.29, 0.717) is 17.2 Å². The summed E-state index contributed by atoms with van der Waals surface area (Å²) in [5.41, 5.74) is 0.806. The summed E-state index contributed by atoms with van der Waals surface area (Å²) in [6.45, 7) is 0.572. The second-order valence-electron chi connectivity index (χ2n) is 18.7. The first-order valence-electron chi connectivity index (χ1n) is 25.6. The van der Waals surface area contributed by atoms with Crippen molar-refractivity contribution in [1.82, 2.24) is 0 Å². The third-order valence-corrected chi connectivity index (χ3v) is 15.5. The van der Waals surface area contributed by atoms with Crippen LogP contribution in [0.3, 0.4) is 0 Å². The summed E-state index contributed by atoms with van der Waals surface area (Å²) in [7, 11) is -2.47. The molecule has 9 rings (SSSR count). The van der Waals surface area contributed by atoms with Gasteiger partial charge in [-0.1, -0.05) is 173 Å². The number of hydrogen-bond acceptors (Lipinski definition) is 15. The average molecular weight is 1220 g/mol. The standard InChI is InChI=1S/C34H25Cl3FNO8S.C29H26FNO5/c1-44-39-18-29(38)32(46-34(41)25-13-11-21-7-3-5-9-23(21)15-25)30(47-48(42,43)31-17-27(36)26(35)16-28(31)37)19-45-33(40)24-12-10-20-6-2-4-8-22(20)14-24;1-19(18-35-28(32)24-13-11-20-7-3-5-9-22(20)15-24)27(26(30)17-31-34-2)36-29(33)25-14-12-21-8-4-6-10-23(21)16-25/h2-18,29-30,32H,19H2,1H3;3-17,19,26-27H,18H2,1-2H3/t29-,30-,32+;19-,26+,27+/m10/s1. The Morgan fingerprint density at radius 3 is 1.21 bits per heavy atom. The lowest BCUT2D eigenvalue weighted by atomic mass is 10.0. The number of nitrogens with zero attached hydrogens (tertiary/aromatic N) is 2. The minimum Gasteiger partial charge on any atom is -0.462 e. The molecule has 0 aliphatic carbocycles. The fourth-order valence-electron chi connectivity index (χ4n) is 8.61. The summed E-state index contributed by atoms with van der Waals surface area (Å²) in [6.07, 6.45) is -7.83. The highest BCUT2D eigenvalue weighted by Gasteiger charge is 2.40. The van der Waals surface area contributed by atoms with Gasteiger partial charge in [0.15, 0.2) is 24.6 Å². The summed E-state index contributed by atoms with van der Waals surface area (Å²) in [5, 5.41) is 13.1. The molecular formula is C63H51Cl3F2N2O13S. The molecule has 0 spiro atoms. The molecule has 0 heterocycles. The second-order valence-corrected chi connectivity index (χ2v) is 21.5. The van der Waals surface area contributed by atoms with Gasteiger partial charge in [0.1, 0.15) is 31.8 Å². The third kappa shape index (κ3) is 15.8. The highest BCUT2D eigenvalue weighted by atomic mass is 35.5. The van der Waals surface area contributed by atoms with E-state index >= 15 is 8.78 Å². The number of carbonyl (C=O) groups excluding carboxylic acids is 4. The lowest BCUT2D eigenvalue weighted by molar-refractivity contribution is -0.0478. The predicted molar refractivity (Wildman–Crippen MR) is 318 cm³/mol. The maximum absolute atomic E-state index is 15.8. The van der Waals surface area contributed by atoms with Crippen LogP contribution in [0.1, 0.15) is 48.4 Å². The summed E-state index contributed by atoms with van der Waals surface area (Å²) < 4.78 is 85.4. The van der Waals surface area contributed by atoms with Crippen molar-refractivity contribution in [2.24, 2.45) is 16.2 Å². The van der Waals surface area contributed by atoms with E-state index in [9.17, 15) is 27.6 Å². The van der Waals surface area contributed by atoms with Gasteiger partial charge in [-0.3, -0.25) is 4.18 Å². The van der Waals surface area contributed by atoms with Gasteiger partial charge < -0.3 is 28.6 Å². The van der Waals surface area contributed by atoms with Gasteiger partial charge >= 0.3 is 23.9 Å². The quantitative estimate of drug-likeness (QED) is 0.0165. The minimum absolute atomic E-state index is 0.0249. The number of rotatable bonds is 21. The molecule has 6 atom stereocenters. The van der Waals surface area contributed by atoms with E-state index < -0.39 is 82.1 Å². The Kier molecular flexibility index (Phi) is 21.0. The number of oxime groups is 2. The van der Waals surface area contributed by atoms with E-state index in [1.54, 1.807) is 79.7 Å². The average Bonchev–Trinajstić information content (AvgIpc) is 3.48. The van der Waals surface area contributed by atoms with Crippen LogP contribution in [0.25, 0.3) is 43.1 Å². The lowest BCUT2D eigenvalue weighted by Crippen LogP contribution is -2.45. The molecule has 0 saturated carbocycles. The molecule has 0 aromatic heterocycles. The Hall–Kier alpha value is -8.52. The van der Waals surface area contributed by atoms with Crippen molar-refractivity contribution in [1.29, 1.82) is 0 Å². The van der Waals surface area contributed by atoms with Crippen LogP contribution >= 0.6 is 34.8 Å². The van der Waals surface area contributed by atoms with Crippen LogP contribution in [0, 0.1) is 5.92 Å². The van der Waals surface area contributed by atoms with Crippen molar-refractivity contribution >= 4 is 124 Å². The number of halogens is 5. The maximum Gasteiger partial charge on any atom is 0.338 e. The van der Waals surface area contributed by atoms with Crippen molar-refractivity contribution in [3.8, 4) is 0 Å². The number of alkyl halides is 2. The first-order chi connectivity index (χ1) is 40.4. The van der Waals surface area contributed by atoms with E-state index in [2.05, 4.69) is 20.0 Å². The van der Waals surface area contributed by atoms with Gasteiger partial charge in [-0.25, -0.2) is 28.0 Å². The van der Waals surface area contributed by atoms with Crippen LogP contribution < -0.4 is 0 Å². The molecule has 432 valence electrons. The SMILES string of the molecule is CON=C[C@@H](F)[C@H](OC(=O)c1ccc2ccccc2c1)[C@@H](C)COC(=O)c1ccc2ccccc2c1.CON=C[C@@H](F)[C@H](OC(=O)c1ccc2ccccc2c1)[C@@H](COC(=O)c1ccc2ccccc2c1)OS(=O)(=O)c1cc(Cl)c(Cl)cc1Cl. The van der Waals surface area contributed by atoms with Gasteiger partial charge in [0.2, 0.25) is 0 Å². The molecule has 0 radical (unpaired) electrons. The summed E-state index contributed by atoms with van der Waals surface area (Å²) in [5.74, 6) is -3.82. The molecule has 0 bridgehead atoms. The smallest absolute Gasteiger partial charge is 0.338 e. The molecule has 0 aliphatic heterocycles. The van der Waals surface area contributed by atoms with Crippen molar-refractivity contribution in [3.63, 3.8) is 0 Å². The molecule has 0 saturated heterocycles. The topological polar surface area (TPSA) is 192 Å². The van der Waals surface area contributed by atoms with Gasteiger partial charge in [0, 0.05) is 5.92 Å². The van der Waals surface area contributed by atoms with Crippen LogP contribution in [0.4, 0.5) is 8.78 Å². The summed E-state index contributed by atoms with van der Waals surface area (Å²) in [6, 6.07) is 51.5. The third-order valence-electron chi connectivity index (χ3n) is 12.9. The number of fused-ring (bicyclic) bond motifs is 4. The molecule has 0 aliphatic rings. The highest BCUT2D eigenvalue weighted by molar-refractivity contribution is 7.87. The van der Waals surface area contributed by atoms with E-state index in [1.165, 1.54) is 25.3 Å². The Bertz CT molecular complexity index is 4040. The zero-order chi connectivity index (χ0) is 59.9. The first kappa shape index (κ1) is 61.5. The fraction of sp³-hybridized carbons (Fsp3) is 0.175. The molecule has 0 N–H and O–H groups in total. The van der Waals surface area contributed by atoms with E-state index in [0.717, 1.165) is 63.2 Å². The Morgan fingerprint density at radius 1 is 0.464 bits per heavy atom. The summed E-state index contributed by atoms with van der Waals surface area (Å²) >= 11 is 18.2. The van der Waals surface area contributed by atoms with Crippen molar-refractivity contribution < 1.29 is 69.2 Å². The zero-order valence-electron chi connectivity index (χ0n) is 44.9. The molecule has 84 heavy (non-hydrogen) atoms. The Balaban J connectivity index is 0.000000228. The number of benzene rings is 9. The molecule has 21 heteroatoms. The van der Waals surface area contributed by atoms with Crippen molar-refractivity contribution in [3.05, 3.63) is 219 Å². The first-order valence-corrected chi connectivity index (χ1v) is 28.2. The predicted octanol–water partition coefficient (Wildman–Crippen LogP) is 14.1. The van der Waals surface area contributed by atoms with Crippen molar-refractivity contribution in [2.45, 2.75) is 42.5 Å². The molecule has 15 nitrogen and oxygen atoms in total. The Labute approximate surface area is 496 Å². The molecule has 0 fully saturated rings. The van der Waals surface area contributed by atoms with Gasteiger partial charge in [0.05, 0.1) is 56.4 Å². The van der Waals surface area contributed by atoms with Crippen LogP contribution in [-0.2, 0) is 42.9 Å². The number of carbonyl (C=O) groups is 4. The van der Waals surface area contributed by atoms with Crippen LogP contribution in [0.5, 0.6) is 0 Å². The summed E-state index contributed by atoms with van der Waals surface area (Å²) in [4.78, 5) is 60.7. The molecule has 9 aromatic carbocycles. The zero-order valence-corrected chi connectivity index (χ0v) is 47.9. The van der Waals surface area contributed by atoms with Crippen LogP contribution in [-0.4, -0.2) is 103 Å². The lowest BCUT2D eigenvalue weighted by Gasteiger charge is -2.27. The van der Waals surface area contributed by atoms with Gasteiger partial charge in [0.25, 0.3) is 10.1 Å². The molecule has 0 unspecified atom stereocenters. The van der Waals surface area contributed by atoms with E-state index in [1.807, 2.05) is 78.9 Å². The molecule has 0 amide bonds. The molecule has 9 aromatic rings. The Morgan fingerprint density at radius 2 is 0.810 bits per heavy atom. The number of hydrogen-bond donors (Lipinski definition) is 0. The number of esters is 4.